The van der Waals surface area contributed by atoms with Gasteiger partial charge in [-0.3, -0.25) is 4.79 Å². The second kappa shape index (κ2) is 7.25. The van der Waals surface area contributed by atoms with Crippen molar-refractivity contribution in [2.75, 3.05) is 26.2 Å². The maximum atomic E-state index is 12.4. The minimum atomic E-state index is -0.00354. The predicted octanol–water partition coefficient (Wildman–Crippen LogP) is 1.35. The molecular formula is C18H27N5O3. The number of nitrogens with zero attached hydrogens (tertiary/aromatic N) is 4. The van der Waals surface area contributed by atoms with Gasteiger partial charge in [-0.15, -0.1) is 0 Å². The summed E-state index contributed by atoms with van der Waals surface area (Å²) in [5.74, 6) is 2.37. The second-order valence-corrected chi connectivity index (χ2v) is 7.90. The zero-order valence-corrected chi connectivity index (χ0v) is 15.3. The van der Waals surface area contributed by atoms with Crippen LogP contribution in [0.25, 0.3) is 0 Å². The minimum absolute atomic E-state index is 0.00354. The summed E-state index contributed by atoms with van der Waals surface area (Å²) in [4.78, 5) is 32.5. The van der Waals surface area contributed by atoms with Gasteiger partial charge in [-0.1, -0.05) is 5.16 Å². The van der Waals surface area contributed by atoms with Gasteiger partial charge in [0.1, 0.15) is 0 Å². The van der Waals surface area contributed by atoms with Crippen LogP contribution in [0.3, 0.4) is 0 Å². The van der Waals surface area contributed by atoms with Crippen molar-refractivity contribution >= 4 is 11.9 Å². The predicted molar refractivity (Wildman–Crippen MR) is 93.3 cm³/mol. The highest BCUT2D eigenvalue weighted by molar-refractivity contribution is 5.79. The Morgan fingerprint density at radius 3 is 2.65 bits per heavy atom. The van der Waals surface area contributed by atoms with E-state index in [9.17, 15) is 9.59 Å². The van der Waals surface area contributed by atoms with E-state index in [1.54, 1.807) is 6.92 Å². The van der Waals surface area contributed by atoms with Crippen molar-refractivity contribution in [1.82, 2.24) is 25.3 Å². The quantitative estimate of drug-likeness (QED) is 0.855. The normalized spacial score (nSPS) is 24.3. The number of urea groups is 1. The van der Waals surface area contributed by atoms with E-state index in [-0.39, 0.29) is 17.9 Å². The molecule has 3 fully saturated rings. The topological polar surface area (TPSA) is 91.6 Å². The number of nitrogens with one attached hydrogen (secondary N) is 1. The van der Waals surface area contributed by atoms with Crippen molar-refractivity contribution in [2.45, 2.75) is 51.5 Å². The highest BCUT2D eigenvalue weighted by atomic mass is 16.5. The number of aryl methyl sites for hydroxylation is 1. The van der Waals surface area contributed by atoms with Crippen LogP contribution in [0, 0.1) is 18.8 Å². The fourth-order valence-corrected chi connectivity index (χ4v) is 4.05. The molecule has 3 aliphatic rings. The van der Waals surface area contributed by atoms with Crippen LogP contribution < -0.4 is 5.32 Å². The Morgan fingerprint density at radius 2 is 2.00 bits per heavy atom. The molecule has 8 nitrogen and oxygen atoms in total. The van der Waals surface area contributed by atoms with Gasteiger partial charge >= 0.3 is 6.03 Å². The Bertz CT molecular complexity index is 664. The third-order valence-corrected chi connectivity index (χ3v) is 5.71. The van der Waals surface area contributed by atoms with Gasteiger partial charge in [0.15, 0.2) is 5.82 Å². The molecule has 26 heavy (non-hydrogen) atoms. The van der Waals surface area contributed by atoms with Crippen molar-refractivity contribution < 1.29 is 14.1 Å². The van der Waals surface area contributed by atoms with Crippen LogP contribution in [-0.4, -0.2) is 64.1 Å². The first-order chi connectivity index (χ1) is 12.6. The van der Waals surface area contributed by atoms with Crippen LogP contribution in [0.1, 0.15) is 43.8 Å². The van der Waals surface area contributed by atoms with Crippen molar-refractivity contribution in [2.24, 2.45) is 11.8 Å². The van der Waals surface area contributed by atoms with Crippen LogP contribution in [0.4, 0.5) is 4.79 Å². The van der Waals surface area contributed by atoms with Gasteiger partial charge in [-0.25, -0.2) is 4.79 Å². The van der Waals surface area contributed by atoms with Crippen LogP contribution in [0.2, 0.25) is 0 Å². The molecule has 0 spiro atoms. The highest BCUT2D eigenvalue weighted by Gasteiger charge is 2.39. The average Bonchev–Trinajstić information content (AvgIpc) is 3.29. The van der Waals surface area contributed by atoms with Crippen molar-refractivity contribution in [1.29, 1.82) is 0 Å². The number of rotatable bonds is 5. The summed E-state index contributed by atoms with van der Waals surface area (Å²) in [6.45, 7) is 4.70. The Hall–Kier alpha value is -2.12. The number of aromatic nitrogens is 2. The first-order valence-electron chi connectivity index (χ1n) is 9.70. The fourth-order valence-electron chi connectivity index (χ4n) is 4.05. The molecule has 1 aromatic rings. The van der Waals surface area contributed by atoms with E-state index in [0.717, 1.165) is 57.6 Å². The van der Waals surface area contributed by atoms with Crippen molar-refractivity contribution in [3.63, 3.8) is 0 Å². The average molecular weight is 361 g/mol. The summed E-state index contributed by atoms with van der Waals surface area (Å²) in [5.41, 5.74) is 0. The maximum absolute atomic E-state index is 12.4. The molecule has 4 rings (SSSR count). The van der Waals surface area contributed by atoms with Gasteiger partial charge in [0.2, 0.25) is 11.8 Å². The molecule has 3 amide bonds. The third kappa shape index (κ3) is 3.99. The van der Waals surface area contributed by atoms with E-state index >= 15 is 0 Å². The van der Waals surface area contributed by atoms with Crippen LogP contribution in [0.15, 0.2) is 4.52 Å². The molecule has 0 radical (unpaired) electrons. The molecule has 1 N–H and O–H groups in total. The first-order valence-corrected chi connectivity index (χ1v) is 9.70. The molecule has 142 valence electrons. The molecule has 1 saturated carbocycles. The Balaban J connectivity index is 1.17. The summed E-state index contributed by atoms with van der Waals surface area (Å²) in [7, 11) is 0. The summed E-state index contributed by atoms with van der Waals surface area (Å²) in [6, 6.07) is 0.474. The smallest absolute Gasteiger partial charge is 0.317 e. The molecule has 8 heteroatoms. The fraction of sp³-hybridized carbons (Fsp3) is 0.778. The number of hydrogen-bond acceptors (Lipinski definition) is 5. The zero-order valence-electron chi connectivity index (χ0n) is 15.3. The summed E-state index contributed by atoms with van der Waals surface area (Å²) >= 11 is 0. The van der Waals surface area contributed by atoms with Crippen molar-refractivity contribution in [3.05, 3.63) is 11.7 Å². The molecule has 3 heterocycles. The largest absolute Gasteiger partial charge is 0.340 e. The molecule has 1 aromatic heterocycles. The Kier molecular flexibility index (Phi) is 4.82. The van der Waals surface area contributed by atoms with Gasteiger partial charge in [0.25, 0.3) is 0 Å². The number of amides is 3. The van der Waals surface area contributed by atoms with E-state index in [1.165, 1.54) is 0 Å². The molecule has 0 bridgehead atoms. The molecule has 1 unspecified atom stereocenters. The van der Waals surface area contributed by atoms with Gasteiger partial charge in [0.05, 0.1) is 0 Å². The molecule has 1 aliphatic carbocycles. The van der Waals surface area contributed by atoms with E-state index in [0.29, 0.717) is 30.8 Å². The summed E-state index contributed by atoms with van der Waals surface area (Å²) in [5, 5.41) is 6.99. The summed E-state index contributed by atoms with van der Waals surface area (Å²) in [6.07, 6.45) is 5.58. The van der Waals surface area contributed by atoms with Gasteiger partial charge in [-0.2, -0.15) is 4.98 Å². The zero-order chi connectivity index (χ0) is 18.1. The van der Waals surface area contributed by atoms with Crippen molar-refractivity contribution in [3.8, 4) is 0 Å². The standard InChI is InChI=1S/C18H27N5O3/c1-12-20-16(21-26-12)8-13-4-6-22(7-5-13)18(25)19-10-14-9-17(24)23(11-14)15-2-3-15/h13-15H,2-11H2,1H3,(H,19,25). The summed E-state index contributed by atoms with van der Waals surface area (Å²) < 4.78 is 5.02. The third-order valence-electron chi connectivity index (χ3n) is 5.71. The number of hydrogen-bond donors (Lipinski definition) is 1. The molecule has 2 aliphatic heterocycles. The molecular weight excluding hydrogens is 334 g/mol. The molecule has 0 aromatic carbocycles. The maximum Gasteiger partial charge on any atom is 0.317 e. The number of carbonyl (C=O) groups excluding carboxylic acids is 2. The van der Waals surface area contributed by atoms with Gasteiger partial charge in [0, 0.05) is 57.9 Å². The lowest BCUT2D eigenvalue weighted by molar-refractivity contribution is -0.128. The molecule has 1 atom stereocenters. The lowest BCUT2D eigenvalue weighted by Gasteiger charge is -2.31. The van der Waals surface area contributed by atoms with E-state index in [2.05, 4.69) is 15.5 Å². The van der Waals surface area contributed by atoms with E-state index < -0.39 is 0 Å². The first kappa shape index (κ1) is 17.3. The monoisotopic (exact) mass is 361 g/mol. The Morgan fingerprint density at radius 1 is 1.23 bits per heavy atom. The van der Waals surface area contributed by atoms with Gasteiger partial charge in [-0.05, 0) is 31.6 Å². The van der Waals surface area contributed by atoms with E-state index in [1.807, 2.05) is 9.80 Å². The van der Waals surface area contributed by atoms with Crippen LogP contribution >= 0.6 is 0 Å². The number of piperidine rings is 1. The van der Waals surface area contributed by atoms with Crippen LogP contribution in [0.5, 0.6) is 0 Å². The number of carbonyl (C=O) groups is 2. The Labute approximate surface area is 153 Å². The SMILES string of the molecule is Cc1nc(CC2CCN(C(=O)NCC3CC(=O)N(C4CC4)C3)CC2)no1. The molecule has 2 saturated heterocycles. The van der Waals surface area contributed by atoms with Crippen LogP contribution in [-0.2, 0) is 11.2 Å². The second-order valence-electron chi connectivity index (χ2n) is 7.90. The van der Waals surface area contributed by atoms with Gasteiger partial charge < -0.3 is 19.6 Å². The number of likely N-dealkylation sites (tertiary alicyclic amines) is 2. The highest BCUT2D eigenvalue weighted by Crippen LogP contribution is 2.32. The lowest BCUT2D eigenvalue weighted by atomic mass is 9.93. The van der Waals surface area contributed by atoms with E-state index in [4.69, 9.17) is 4.52 Å². The lowest BCUT2D eigenvalue weighted by Crippen LogP contribution is -2.46. The minimum Gasteiger partial charge on any atom is -0.340 e.